The van der Waals surface area contributed by atoms with Crippen molar-refractivity contribution < 1.29 is 0 Å². The van der Waals surface area contributed by atoms with Gasteiger partial charge in [-0.1, -0.05) is 54.1 Å². The van der Waals surface area contributed by atoms with Crippen LogP contribution < -0.4 is 5.32 Å². The SMILES string of the molecule is CC(c1cccc(Cl)c1)N(C)CCNCc1ccccc1. The summed E-state index contributed by atoms with van der Waals surface area (Å²) in [6.07, 6.45) is 0. The van der Waals surface area contributed by atoms with Crippen molar-refractivity contribution in [3.63, 3.8) is 0 Å². The maximum absolute atomic E-state index is 6.06. The van der Waals surface area contributed by atoms with Gasteiger partial charge < -0.3 is 5.32 Å². The van der Waals surface area contributed by atoms with Gasteiger partial charge in [-0.15, -0.1) is 0 Å². The number of likely N-dealkylation sites (N-methyl/N-ethyl adjacent to an activating group) is 1. The van der Waals surface area contributed by atoms with Crippen LogP contribution in [-0.4, -0.2) is 25.0 Å². The zero-order valence-corrected chi connectivity index (χ0v) is 13.5. The van der Waals surface area contributed by atoms with Gasteiger partial charge in [-0.2, -0.15) is 0 Å². The number of rotatable bonds is 7. The van der Waals surface area contributed by atoms with E-state index < -0.39 is 0 Å². The highest BCUT2D eigenvalue weighted by Gasteiger charge is 2.11. The van der Waals surface area contributed by atoms with Crippen LogP contribution in [0.1, 0.15) is 24.1 Å². The lowest BCUT2D eigenvalue weighted by Crippen LogP contribution is -2.31. The second-order valence-corrected chi connectivity index (χ2v) is 5.81. The van der Waals surface area contributed by atoms with E-state index in [-0.39, 0.29) is 0 Å². The first kappa shape index (κ1) is 16.0. The molecule has 0 saturated carbocycles. The normalized spacial score (nSPS) is 12.6. The van der Waals surface area contributed by atoms with Crippen LogP contribution in [0.25, 0.3) is 0 Å². The Hall–Kier alpha value is -1.35. The van der Waals surface area contributed by atoms with Gasteiger partial charge in [0.15, 0.2) is 0 Å². The smallest absolute Gasteiger partial charge is 0.0409 e. The molecule has 21 heavy (non-hydrogen) atoms. The molecule has 0 amide bonds. The van der Waals surface area contributed by atoms with Gasteiger partial charge in [0.25, 0.3) is 0 Å². The van der Waals surface area contributed by atoms with E-state index in [1.54, 1.807) is 0 Å². The van der Waals surface area contributed by atoms with Gasteiger partial charge in [0.1, 0.15) is 0 Å². The Labute approximate surface area is 132 Å². The molecule has 2 aromatic carbocycles. The lowest BCUT2D eigenvalue weighted by Gasteiger charge is -2.25. The van der Waals surface area contributed by atoms with Crippen LogP contribution in [0.5, 0.6) is 0 Å². The lowest BCUT2D eigenvalue weighted by atomic mass is 10.1. The van der Waals surface area contributed by atoms with Crippen LogP contribution in [0.15, 0.2) is 54.6 Å². The summed E-state index contributed by atoms with van der Waals surface area (Å²) >= 11 is 6.06. The standard InChI is InChI=1S/C18H23ClN2/c1-15(17-9-6-10-18(19)13-17)21(2)12-11-20-14-16-7-4-3-5-8-16/h3-10,13,15,20H,11-12,14H2,1-2H3. The van der Waals surface area contributed by atoms with Gasteiger partial charge in [-0.05, 0) is 37.2 Å². The average Bonchev–Trinajstić information content (AvgIpc) is 2.51. The molecule has 2 aromatic rings. The van der Waals surface area contributed by atoms with Crippen LogP contribution in [0.4, 0.5) is 0 Å². The zero-order valence-electron chi connectivity index (χ0n) is 12.7. The maximum atomic E-state index is 6.06. The summed E-state index contributed by atoms with van der Waals surface area (Å²) in [7, 11) is 2.15. The summed E-state index contributed by atoms with van der Waals surface area (Å²) in [5.41, 5.74) is 2.58. The second-order valence-electron chi connectivity index (χ2n) is 5.37. The fourth-order valence-electron chi connectivity index (χ4n) is 2.30. The van der Waals surface area contributed by atoms with Crippen LogP contribution in [0, 0.1) is 0 Å². The molecule has 112 valence electrons. The predicted octanol–water partition coefficient (Wildman–Crippen LogP) is 4.12. The van der Waals surface area contributed by atoms with E-state index in [1.807, 2.05) is 24.3 Å². The largest absolute Gasteiger partial charge is 0.311 e. The summed E-state index contributed by atoms with van der Waals surface area (Å²) < 4.78 is 0. The Morgan fingerprint density at radius 2 is 1.86 bits per heavy atom. The molecule has 0 spiro atoms. The number of benzene rings is 2. The van der Waals surface area contributed by atoms with Crippen molar-refractivity contribution >= 4 is 11.6 Å². The third-order valence-corrected chi connectivity index (χ3v) is 4.04. The highest BCUT2D eigenvalue weighted by Crippen LogP contribution is 2.21. The second kappa shape index (κ2) is 8.18. The van der Waals surface area contributed by atoms with Crippen molar-refractivity contribution in [3.05, 3.63) is 70.7 Å². The quantitative estimate of drug-likeness (QED) is 0.774. The molecule has 3 heteroatoms. The van der Waals surface area contributed by atoms with Gasteiger partial charge in [-0.3, -0.25) is 4.90 Å². The minimum atomic E-state index is 0.363. The van der Waals surface area contributed by atoms with Crippen molar-refractivity contribution in [1.29, 1.82) is 0 Å². The van der Waals surface area contributed by atoms with Crippen LogP contribution in [-0.2, 0) is 6.54 Å². The van der Waals surface area contributed by atoms with E-state index in [2.05, 4.69) is 54.5 Å². The van der Waals surface area contributed by atoms with Crippen molar-refractivity contribution in [2.45, 2.75) is 19.5 Å². The Morgan fingerprint density at radius 1 is 1.10 bits per heavy atom. The topological polar surface area (TPSA) is 15.3 Å². The third kappa shape index (κ3) is 5.16. The molecule has 2 rings (SSSR count). The first-order chi connectivity index (χ1) is 10.2. The van der Waals surface area contributed by atoms with E-state index in [9.17, 15) is 0 Å². The van der Waals surface area contributed by atoms with Gasteiger partial charge in [0.05, 0.1) is 0 Å². The molecular weight excluding hydrogens is 280 g/mol. The molecule has 0 aliphatic heterocycles. The Bertz CT molecular complexity index is 542. The highest BCUT2D eigenvalue weighted by atomic mass is 35.5. The first-order valence-corrected chi connectivity index (χ1v) is 7.75. The van der Waals surface area contributed by atoms with Crippen molar-refractivity contribution in [2.75, 3.05) is 20.1 Å². The zero-order chi connectivity index (χ0) is 15.1. The first-order valence-electron chi connectivity index (χ1n) is 7.37. The monoisotopic (exact) mass is 302 g/mol. The molecule has 0 fully saturated rings. The molecule has 0 heterocycles. The molecule has 0 radical (unpaired) electrons. The number of nitrogens with one attached hydrogen (secondary N) is 1. The van der Waals surface area contributed by atoms with Gasteiger partial charge in [-0.25, -0.2) is 0 Å². The third-order valence-electron chi connectivity index (χ3n) is 3.81. The molecule has 0 aromatic heterocycles. The molecule has 0 saturated heterocycles. The van der Waals surface area contributed by atoms with Gasteiger partial charge in [0.2, 0.25) is 0 Å². The summed E-state index contributed by atoms with van der Waals surface area (Å²) in [6.45, 7) is 5.10. The summed E-state index contributed by atoms with van der Waals surface area (Å²) in [5.74, 6) is 0. The molecule has 0 aliphatic carbocycles. The Morgan fingerprint density at radius 3 is 2.57 bits per heavy atom. The van der Waals surface area contributed by atoms with Crippen molar-refractivity contribution in [3.8, 4) is 0 Å². The number of halogens is 1. The Balaban J connectivity index is 1.75. The van der Waals surface area contributed by atoms with Gasteiger partial charge >= 0.3 is 0 Å². The number of nitrogens with zero attached hydrogens (tertiary/aromatic N) is 1. The number of hydrogen-bond acceptors (Lipinski definition) is 2. The van der Waals surface area contributed by atoms with E-state index in [0.29, 0.717) is 6.04 Å². The van der Waals surface area contributed by atoms with Gasteiger partial charge in [0, 0.05) is 30.7 Å². The predicted molar refractivity (Wildman–Crippen MR) is 90.6 cm³/mol. The van der Waals surface area contributed by atoms with E-state index in [0.717, 1.165) is 24.7 Å². The molecule has 0 aliphatic rings. The fraction of sp³-hybridized carbons (Fsp3) is 0.333. The van der Waals surface area contributed by atoms with E-state index >= 15 is 0 Å². The van der Waals surface area contributed by atoms with Crippen molar-refractivity contribution in [1.82, 2.24) is 10.2 Å². The summed E-state index contributed by atoms with van der Waals surface area (Å²) in [4.78, 5) is 2.34. The van der Waals surface area contributed by atoms with E-state index in [1.165, 1.54) is 11.1 Å². The molecular formula is C18H23ClN2. The highest BCUT2D eigenvalue weighted by molar-refractivity contribution is 6.30. The van der Waals surface area contributed by atoms with Crippen LogP contribution >= 0.6 is 11.6 Å². The molecule has 2 nitrogen and oxygen atoms in total. The minimum Gasteiger partial charge on any atom is -0.311 e. The summed E-state index contributed by atoms with van der Waals surface area (Å²) in [6, 6.07) is 18.9. The molecule has 1 N–H and O–H groups in total. The summed E-state index contributed by atoms with van der Waals surface area (Å²) in [5, 5.41) is 4.28. The van der Waals surface area contributed by atoms with Crippen molar-refractivity contribution in [2.24, 2.45) is 0 Å². The Kier molecular flexibility index (Phi) is 6.24. The average molecular weight is 303 g/mol. The molecule has 0 bridgehead atoms. The van der Waals surface area contributed by atoms with E-state index in [4.69, 9.17) is 11.6 Å². The number of hydrogen-bond donors (Lipinski definition) is 1. The molecule has 1 unspecified atom stereocenters. The molecule has 1 atom stereocenters. The van der Waals surface area contributed by atoms with Crippen LogP contribution in [0.2, 0.25) is 5.02 Å². The fourth-order valence-corrected chi connectivity index (χ4v) is 2.50. The minimum absolute atomic E-state index is 0.363. The van der Waals surface area contributed by atoms with Crippen LogP contribution in [0.3, 0.4) is 0 Å². The lowest BCUT2D eigenvalue weighted by molar-refractivity contribution is 0.261. The maximum Gasteiger partial charge on any atom is 0.0409 e.